The molecule has 0 radical (unpaired) electrons. The lowest BCUT2D eigenvalue weighted by atomic mass is 10.1. The Labute approximate surface area is 105 Å². The highest BCUT2D eigenvalue weighted by atomic mass is 32.1. The summed E-state index contributed by atoms with van der Waals surface area (Å²) >= 11 is 1.68. The molecule has 2 rings (SSSR count). The molecule has 4 nitrogen and oxygen atoms in total. The first kappa shape index (κ1) is 12.1. The average Bonchev–Trinajstić information content (AvgIpc) is 2.81. The van der Waals surface area contributed by atoms with Crippen LogP contribution in [0.1, 0.15) is 29.4 Å². The van der Waals surface area contributed by atoms with Gasteiger partial charge in [0, 0.05) is 23.7 Å². The van der Waals surface area contributed by atoms with Crippen LogP contribution in [0.4, 0.5) is 0 Å². The van der Waals surface area contributed by atoms with Crippen molar-refractivity contribution in [2.45, 2.75) is 26.3 Å². The lowest BCUT2D eigenvalue weighted by Gasteiger charge is -2.16. The summed E-state index contributed by atoms with van der Waals surface area (Å²) in [6.07, 6.45) is 4.66. The molecule has 0 aromatic carbocycles. The Kier molecular flexibility index (Phi) is 4.17. The fourth-order valence-electron chi connectivity index (χ4n) is 1.74. The van der Waals surface area contributed by atoms with Gasteiger partial charge >= 0.3 is 0 Å². The molecule has 90 valence electrons. The van der Waals surface area contributed by atoms with Crippen molar-refractivity contribution in [2.24, 2.45) is 0 Å². The molecule has 2 heterocycles. The maximum absolute atomic E-state index is 4.48. The summed E-state index contributed by atoms with van der Waals surface area (Å²) in [4.78, 5) is 14.0. The summed E-state index contributed by atoms with van der Waals surface area (Å²) in [7, 11) is 0. The summed E-state index contributed by atoms with van der Waals surface area (Å²) < 4.78 is 0. The van der Waals surface area contributed by atoms with Crippen molar-refractivity contribution in [3.63, 3.8) is 0 Å². The lowest BCUT2D eigenvalue weighted by molar-refractivity contribution is 0.537. The van der Waals surface area contributed by atoms with Gasteiger partial charge in [-0.25, -0.2) is 9.97 Å². The highest BCUT2D eigenvalue weighted by Gasteiger charge is 2.13. The SMILES string of the molecule is CCNC(Cc1cncs1)c1ccnc(C)n1. The van der Waals surface area contributed by atoms with Crippen LogP contribution in [-0.2, 0) is 6.42 Å². The smallest absolute Gasteiger partial charge is 0.125 e. The molecule has 0 saturated heterocycles. The van der Waals surface area contributed by atoms with E-state index in [0.717, 1.165) is 24.5 Å². The summed E-state index contributed by atoms with van der Waals surface area (Å²) in [6.45, 7) is 4.94. The van der Waals surface area contributed by atoms with E-state index in [-0.39, 0.29) is 6.04 Å². The third kappa shape index (κ3) is 3.31. The number of nitrogens with one attached hydrogen (secondary N) is 1. The maximum Gasteiger partial charge on any atom is 0.125 e. The first-order valence-electron chi connectivity index (χ1n) is 5.70. The molecule has 0 saturated carbocycles. The van der Waals surface area contributed by atoms with E-state index in [9.17, 15) is 0 Å². The quantitative estimate of drug-likeness (QED) is 0.880. The number of aromatic nitrogens is 3. The minimum atomic E-state index is 0.238. The highest BCUT2D eigenvalue weighted by Crippen LogP contribution is 2.18. The molecule has 1 unspecified atom stereocenters. The highest BCUT2D eigenvalue weighted by molar-refractivity contribution is 7.09. The summed E-state index contributed by atoms with van der Waals surface area (Å²) in [5.41, 5.74) is 2.91. The molecule has 5 heteroatoms. The van der Waals surface area contributed by atoms with Crippen molar-refractivity contribution in [1.82, 2.24) is 20.3 Å². The number of hydrogen-bond acceptors (Lipinski definition) is 5. The van der Waals surface area contributed by atoms with Crippen LogP contribution >= 0.6 is 11.3 Å². The predicted octanol–water partition coefficient (Wildman–Crippen LogP) is 2.13. The largest absolute Gasteiger partial charge is 0.309 e. The van der Waals surface area contributed by atoms with Crippen LogP contribution in [0.5, 0.6) is 0 Å². The van der Waals surface area contributed by atoms with Gasteiger partial charge in [0.2, 0.25) is 0 Å². The zero-order valence-electron chi connectivity index (χ0n) is 10.1. The van der Waals surface area contributed by atoms with Gasteiger partial charge in [-0.3, -0.25) is 4.98 Å². The molecule has 0 spiro atoms. The third-order valence-electron chi connectivity index (χ3n) is 2.49. The van der Waals surface area contributed by atoms with Crippen molar-refractivity contribution >= 4 is 11.3 Å². The monoisotopic (exact) mass is 248 g/mol. The molecule has 0 aliphatic carbocycles. The molecule has 0 aliphatic rings. The Morgan fingerprint density at radius 3 is 3.00 bits per heavy atom. The predicted molar refractivity (Wildman–Crippen MR) is 69.0 cm³/mol. The fourth-order valence-corrected chi connectivity index (χ4v) is 2.38. The Bertz CT molecular complexity index is 455. The minimum absolute atomic E-state index is 0.238. The molecular weight excluding hydrogens is 232 g/mol. The van der Waals surface area contributed by atoms with Crippen LogP contribution in [0.25, 0.3) is 0 Å². The summed E-state index contributed by atoms with van der Waals surface area (Å²) in [6, 6.07) is 2.21. The lowest BCUT2D eigenvalue weighted by Crippen LogP contribution is -2.24. The number of hydrogen-bond donors (Lipinski definition) is 1. The molecule has 1 atom stereocenters. The molecule has 1 N–H and O–H groups in total. The Balaban J connectivity index is 2.16. The van der Waals surface area contributed by atoms with Gasteiger partial charge in [-0.15, -0.1) is 11.3 Å². The Morgan fingerprint density at radius 2 is 2.35 bits per heavy atom. The first-order chi connectivity index (χ1) is 8.29. The van der Waals surface area contributed by atoms with Gasteiger partial charge in [0.05, 0.1) is 17.2 Å². The standard InChI is InChI=1S/C12H16N4S/c1-3-14-12(6-10-7-13-8-17-10)11-4-5-15-9(2)16-11/h4-5,7-8,12,14H,3,6H2,1-2H3. The molecule has 2 aromatic rings. The topological polar surface area (TPSA) is 50.7 Å². The van der Waals surface area contributed by atoms with Crippen LogP contribution in [0.15, 0.2) is 24.0 Å². The molecule has 0 fully saturated rings. The minimum Gasteiger partial charge on any atom is -0.309 e. The van der Waals surface area contributed by atoms with Crippen LogP contribution in [0.2, 0.25) is 0 Å². The number of thiazole rings is 1. The van der Waals surface area contributed by atoms with Gasteiger partial charge in [0.1, 0.15) is 5.82 Å². The van der Waals surface area contributed by atoms with E-state index < -0.39 is 0 Å². The van der Waals surface area contributed by atoms with E-state index in [0.29, 0.717) is 0 Å². The van der Waals surface area contributed by atoms with E-state index in [1.54, 1.807) is 11.3 Å². The van der Waals surface area contributed by atoms with Gasteiger partial charge in [-0.2, -0.15) is 0 Å². The zero-order chi connectivity index (χ0) is 12.1. The second-order valence-electron chi connectivity index (χ2n) is 3.81. The number of rotatable bonds is 5. The maximum atomic E-state index is 4.48. The van der Waals surface area contributed by atoms with Crippen LogP contribution < -0.4 is 5.32 Å². The second kappa shape index (κ2) is 5.84. The number of likely N-dealkylation sites (N-methyl/N-ethyl adjacent to an activating group) is 1. The van der Waals surface area contributed by atoms with Gasteiger partial charge in [-0.1, -0.05) is 6.92 Å². The van der Waals surface area contributed by atoms with Gasteiger partial charge in [0.15, 0.2) is 0 Å². The fraction of sp³-hybridized carbons (Fsp3) is 0.417. The molecule has 0 amide bonds. The zero-order valence-corrected chi connectivity index (χ0v) is 10.9. The Hall–Kier alpha value is -1.33. The van der Waals surface area contributed by atoms with Gasteiger partial charge in [-0.05, 0) is 19.5 Å². The second-order valence-corrected chi connectivity index (χ2v) is 4.78. The van der Waals surface area contributed by atoms with Gasteiger partial charge in [0.25, 0.3) is 0 Å². The van der Waals surface area contributed by atoms with Crippen LogP contribution in [0, 0.1) is 6.92 Å². The molecule has 0 aliphatic heterocycles. The molecule has 17 heavy (non-hydrogen) atoms. The van der Waals surface area contributed by atoms with Crippen LogP contribution in [0.3, 0.4) is 0 Å². The van der Waals surface area contributed by atoms with Crippen molar-refractivity contribution in [3.05, 3.63) is 40.4 Å². The Morgan fingerprint density at radius 1 is 1.47 bits per heavy atom. The van der Waals surface area contributed by atoms with E-state index in [4.69, 9.17) is 0 Å². The van der Waals surface area contributed by atoms with E-state index in [2.05, 4.69) is 27.2 Å². The van der Waals surface area contributed by atoms with Crippen molar-refractivity contribution in [1.29, 1.82) is 0 Å². The molecule has 0 bridgehead atoms. The van der Waals surface area contributed by atoms with Crippen LogP contribution in [-0.4, -0.2) is 21.5 Å². The van der Waals surface area contributed by atoms with Gasteiger partial charge < -0.3 is 5.32 Å². The van der Waals surface area contributed by atoms with Crippen molar-refractivity contribution in [2.75, 3.05) is 6.54 Å². The van der Waals surface area contributed by atoms with Crippen molar-refractivity contribution in [3.8, 4) is 0 Å². The summed E-state index contributed by atoms with van der Waals surface area (Å²) in [5.74, 6) is 0.815. The normalized spacial score (nSPS) is 12.6. The summed E-state index contributed by atoms with van der Waals surface area (Å²) in [5, 5.41) is 3.45. The van der Waals surface area contributed by atoms with E-state index in [1.807, 2.05) is 30.9 Å². The van der Waals surface area contributed by atoms with Crippen molar-refractivity contribution < 1.29 is 0 Å². The van der Waals surface area contributed by atoms with E-state index in [1.165, 1.54) is 4.88 Å². The molecule has 2 aromatic heterocycles. The number of aryl methyl sites for hydroxylation is 1. The van der Waals surface area contributed by atoms with E-state index >= 15 is 0 Å². The molecular formula is C12H16N4S. The average molecular weight is 248 g/mol. The number of nitrogens with zero attached hydrogens (tertiary/aromatic N) is 3. The first-order valence-corrected chi connectivity index (χ1v) is 6.58. The third-order valence-corrected chi connectivity index (χ3v) is 3.30.